The van der Waals surface area contributed by atoms with Gasteiger partial charge in [-0.25, -0.2) is 9.18 Å². The minimum absolute atomic E-state index is 0.0828. The van der Waals surface area contributed by atoms with Gasteiger partial charge in [-0.15, -0.1) is 0 Å². The third kappa shape index (κ3) is 2.90. The van der Waals surface area contributed by atoms with Crippen molar-refractivity contribution in [1.29, 1.82) is 0 Å². The van der Waals surface area contributed by atoms with E-state index in [4.69, 9.17) is 5.11 Å². The lowest BCUT2D eigenvalue weighted by Gasteiger charge is -2.15. The highest BCUT2D eigenvalue weighted by Gasteiger charge is 2.29. The van der Waals surface area contributed by atoms with Gasteiger partial charge >= 0.3 is 5.97 Å². The third-order valence-corrected chi connectivity index (χ3v) is 3.33. The molecule has 1 aliphatic rings. The molecule has 19 heavy (non-hydrogen) atoms. The number of rotatable bonds is 3. The molecule has 2 unspecified atom stereocenters. The summed E-state index contributed by atoms with van der Waals surface area (Å²) in [4.78, 5) is 22.8. The summed E-state index contributed by atoms with van der Waals surface area (Å²) in [5.74, 6) is -2.51. The van der Waals surface area contributed by atoms with Gasteiger partial charge in [0.05, 0.1) is 11.5 Å². The number of hydrogen-bond donors (Lipinski definition) is 3. The van der Waals surface area contributed by atoms with E-state index in [1.807, 2.05) is 6.92 Å². The molecule has 1 aromatic rings. The minimum Gasteiger partial charge on any atom is -0.478 e. The molecule has 1 saturated heterocycles. The first kappa shape index (κ1) is 13.5. The first-order chi connectivity index (χ1) is 8.99. The lowest BCUT2D eigenvalue weighted by Crippen LogP contribution is -2.32. The largest absolute Gasteiger partial charge is 0.478 e. The van der Waals surface area contributed by atoms with Crippen molar-refractivity contribution in [2.45, 2.75) is 19.4 Å². The van der Waals surface area contributed by atoms with E-state index in [9.17, 15) is 14.0 Å². The van der Waals surface area contributed by atoms with Crippen LogP contribution in [0.5, 0.6) is 0 Å². The van der Waals surface area contributed by atoms with Gasteiger partial charge < -0.3 is 15.7 Å². The fourth-order valence-electron chi connectivity index (χ4n) is 2.22. The Morgan fingerprint density at radius 1 is 1.47 bits per heavy atom. The highest BCUT2D eigenvalue weighted by Crippen LogP contribution is 2.20. The third-order valence-electron chi connectivity index (χ3n) is 3.33. The molecule has 6 heteroatoms. The quantitative estimate of drug-likeness (QED) is 0.774. The molecule has 3 N–H and O–H groups in total. The van der Waals surface area contributed by atoms with Crippen molar-refractivity contribution in [3.8, 4) is 0 Å². The molecular weight excluding hydrogens is 251 g/mol. The number of carbonyl (C=O) groups excluding carboxylic acids is 1. The van der Waals surface area contributed by atoms with E-state index < -0.39 is 17.3 Å². The van der Waals surface area contributed by atoms with Gasteiger partial charge in [-0.3, -0.25) is 4.79 Å². The second kappa shape index (κ2) is 5.36. The summed E-state index contributed by atoms with van der Waals surface area (Å²) in [5.41, 5.74) is -0.154. The van der Waals surface area contributed by atoms with Crippen molar-refractivity contribution in [3.63, 3.8) is 0 Å². The van der Waals surface area contributed by atoms with Crippen LogP contribution in [-0.2, 0) is 4.79 Å². The number of carbonyl (C=O) groups is 2. The minimum atomic E-state index is -1.36. The van der Waals surface area contributed by atoms with Gasteiger partial charge in [0.2, 0.25) is 5.91 Å². The Kier molecular flexibility index (Phi) is 3.80. The molecule has 0 aromatic heterocycles. The van der Waals surface area contributed by atoms with E-state index in [1.165, 1.54) is 6.07 Å². The van der Waals surface area contributed by atoms with Gasteiger partial charge in [-0.1, -0.05) is 0 Å². The Balaban J connectivity index is 2.13. The zero-order valence-corrected chi connectivity index (χ0v) is 10.4. The topological polar surface area (TPSA) is 78.4 Å². The maximum absolute atomic E-state index is 13.2. The average Bonchev–Trinajstić information content (AvgIpc) is 2.77. The van der Waals surface area contributed by atoms with Gasteiger partial charge in [0.1, 0.15) is 5.82 Å². The average molecular weight is 266 g/mol. The maximum Gasteiger partial charge on any atom is 0.338 e. The van der Waals surface area contributed by atoms with Gasteiger partial charge in [-0.2, -0.15) is 0 Å². The Morgan fingerprint density at radius 3 is 2.79 bits per heavy atom. The monoisotopic (exact) mass is 266 g/mol. The van der Waals surface area contributed by atoms with Crippen LogP contribution in [0.3, 0.4) is 0 Å². The van der Waals surface area contributed by atoms with Crippen molar-refractivity contribution in [3.05, 3.63) is 29.6 Å². The van der Waals surface area contributed by atoms with Crippen LogP contribution < -0.4 is 10.6 Å². The number of amides is 1. The highest BCUT2D eigenvalue weighted by atomic mass is 19.1. The summed E-state index contributed by atoms with van der Waals surface area (Å²) in [6.45, 7) is 2.70. The number of benzene rings is 1. The van der Waals surface area contributed by atoms with Crippen LogP contribution in [0, 0.1) is 11.7 Å². The van der Waals surface area contributed by atoms with Crippen LogP contribution in [0.4, 0.5) is 10.1 Å². The van der Waals surface area contributed by atoms with Crippen LogP contribution in [0.2, 0.25) is 0 Å². The fraction of sp³-hybridized carbons (Fsp3) is 0.385. The normalized spacial score (nSPS) is 22.2. The molecule has 2 rings (SSSR count). The molecule has 0 bridgehead atoms. The van der Waals surface area contributed by atoms with Gasteiger partial charge in [0.25, 0.3) is 0 Å². The molecule has 0 aliphatic carbocycles. The lowest BCUT2D eigenvalue weighted by molar-refractivity contribution is -0.120. The van der Waals surface area contributed by atoms with E-state index in [0.717, 1.165) is 25.1 Å². The van der Waals surface area contributed by atoms with E-state index in [-0.39, 0.29) is 17.9 Å². The highest BCUT2D eigenvalue weighted by molar-refractivity contribution is 5.95. The van der Waals surface area contributed by atoms with Crippen LogP contribution in [0.1, 0.15) is 23.7 Å². The summed E-state index contributed by atoms with van der Waals surface area (Å²) in [6, 6.07) is 3.60. The maximum atomic E-state index is 13.2. The standard InChI is InChI=1S/C13H15FN2O3/c1-7-9(4-5-15-7)12(17)16-8-2-3-11(14)10(6-8)13(18)19/h2-3,6-7,9,15H,4-5H2,1H3,(H,16,17)(H,18,19). The van der Waals surface area contributed by atoms with Crippen molar-refractivity contribution < 1.29 is 19.1 Å². The zero-order valence-electron chi connectivity index (χ0n) is 10.4. The predicted octanol–water partition coefficient (Wildman–Crippen LogP) is 1.46. The number of carboxylic acid groups (broad SMARTS) is 1. The number of carboxylic acids is 1. The van der Waals surface area contributed by atoms with Crippen LogP contribution >= 0.6 is 0 Å². The van der Waals surface area contributed by atoms with Gasteiger partial charge in [0, 0.05) is 11.7 Å². The van der Waals surface area contributed by atoms with Crippen molar-refractivity contribution in [1.82, 2.24) is 5.32 Å². The Labute approximate surface area is 109 Å². The molecule has 1 aromatic carbocycles. The first-order valence-corrected chi connectivity index (χ1v) is 6.06. The Morgan fingerprint density at radius 2 is 2.21 bits per heavy atom. The molecule has 1 heterocycles. The second-order valence-corrected chi connectivity index (χ2v) is 4.63. The molecule has 0 radical (unpaired) electrons. The van der Waals surface area contributed by atoms with Crippen molar-refractivity contribution in [2.24, 2.45) is 5.92 Å². The molecule has 2 atom stereocenters. The summed E-state index contributed by atoms with van der Waals surface area (Å²) in [7, 11) is 0. The fourth-order valence-corrected chi connectivity index (χ4v) is 2.22. The molecule has 1 aliphatic heterocycles. The number of halogens is 1. The number of aromatic carboxylic acids is 1. The molecular formula is C13H15FN2O3. The second-order valence-electron chi connectivity index (χ2n) is 4.63. The van der Waals surface area contributed by atoms with Crippen LogP contribution in [0.25, 0.3) is 0 Å². The Hall–Kier alpha value is -1.95. The summed E-state index contributed by atoms with van der Waals surface area (Å²) in [6.07, 6.45) is 0.736. The number of hydrogen-bond acceptors (Lipinski definition) is 3. The van der Waals surface area contributed by atoms with E-state index in [2.05, 4.69) is 10.6 Å². The van der Waals surface area contributed by atoms with E-state index in [0.29, 0.717) is 5.69 Å². The Bertz CT molecular complexity index is 519. The van der Waals surface area contributed by atoms with Crippen molar-refractivity contribution >= 4 is 17.6 Å². The van der Waals surface area contributed by atoms with E-state index in [1.54, 1.807) is 0 Å². The molecule has 0 saturated carbocycles. The van der Waals surface area contributed by atoms with Crippen molar-refractivity contribution in [2.75, 3.05) is 11.9 Å². The number of nitrogens with one attached hydrogen (secondary N) is 2. The molecule has 0 spiro atoms. The molecule has 1 fully saturated rings. The first-order valence-electron chi connectivity index (χ1n) is 6.06. The van der Waals surface area contributed by atoms with Crippen LogP contribution in [0.15, 0.2) is 18.2 Å². The summed E-state index contributed by atoms with van der Waals surface area (Å²) < 4.78 is 13.2. The zero-order chi connectivity index (χ0) is 14.0. The van der Waals surface area contributed by atoms with Crippen LogP contribution in [-0.4, -0.2) is 29.6 Å². The smallest absolute Gasteiger partial charge is 0.338 e. The lowest BCUT2D eigenvalue weighted by atomic mass is 10.0. The summed E-state index contributed by atoms with van der Waals surface area (Å²) in [5, 5.41) is 14.6. The predicted molar refractivity (Wildman–Crippen MR) is 67.6 cm³/mol. The SMILES string of the molecule is CC1NCCC1C(=O)Nc1ccc(F)c(C(=O)O)c1. The molecule has 5 nitrogen and oxygen atoms in total. The van der Waals surface area contributed by atoms with E-state index >= 15 is 0 Å². The van der Waals surface area contributed by atoms with Gasteiger partial charge in [0.15, 0.2) is 0 Å². The molecule has 102 valence electrons. The van der Waals surface area contributed by atoms with Gasteiger partial charge in [-0.05, 0) is 38.1 Å². The summed E-state index contributed by atoms with van der Waals surface area (Å²) >= 11 is 0. The molecule has 1 amide bonds. The number of anilines is 1.